The summed E-state index contributed by atoms with van der Waals surface area (Å²) in [6.45, 7) is 51.5. The number of aryl methyl sites for hydroxylation is 3. The van der Waals surface area contributed by atoms with Crippen molar-refractivity contribution in [3.8, 4) is 33.6 Å². The molecule has 1 N–H and O–H groups in total. The predicted molar refractivity (Wildman–Crippen MR) is 464 cm³/mol. The lowest BCUT2D eigenvalue weighted by molar-refractivity contribution is -0.157. The molecule has 10 heterocycles. The molecule has 5 aliphatic rings. The van der Waals surface area contributed by atoms with Crippen LogP contribution in [0.2, 0.25) is 0 Å². The van der Waals surface area contributed by atoms with Gasteiger partial charge in [0.25, 0.3) is 0 Å². The normalized spacial score (nSPS) is 18.7. The number of esters is 1. The number of nitrogens with zero attached hydrogens (tertiary/aromatic N) is 17. The second-order valence-electron chi connectivity index (χ2n) is 35.7. The van der Waals surface area contributed by atoms with E-state index >= 15 is 0 Å². The number of ether oxygens (including phenoxy) is 2. The molecule has 0 aliphatic carbocycles. The van der Waals surface area contributed by atoms with E-state index in [0.717, 1.165) is 68.8 Å². The number of halogens is 4. The summed E-state index contributed by atoms with van der Waals surface area (Å²) in [5.74, 6) is -1.66. The predicted octanol–water partition coefficient (Wildman–Crippen LogP) is 14.9. The van der Waals surface area contributed by atoms with E-state index in [4.69, 9.17) is 50.5 Å². The van der Waals surface area contributed by atoms with Gasteiger partial charge in [-0.1, -0.05) is 68.0 Å². The van der Waals surface area contributed by atoms with Crippen LogP contribution in [0.1, 0.15) is 157 Å². The first kappa shape index (κ1) is 91.9. The van der Waals surface area contributed by atoms with Crippen molar-refractivity contribution in [2.24, 2.45) is 27.1 Å². The molecule has 0 bridgehead atoms. The van der Waals surface area contributed by atoms with Gasteiger partial charge < -0.3 is 52.5 Å². The van der Waals surface area contributed by atoms with Gasteiger partial charge in [-0.25, -0.2) is 37.3 Å². The number of hydrogen-bond donors (Lipinski definition) is 1. The zero-order valence-electron chi connectivity index (χ0n) is 72.5. The molecule has 0 saturated carbocycles. The molecule has 5 aromatic carbocycles. The standard InChI is InChI=1S/C29H31FN8O3.C23H26BrFN4O3.C13H18BN3O2.C12H24B2O4.C7H6BrN3/c1-29(2,3)41-28(40)32-20-7-6-12-37(15-20)26(39)17-38-16-21(18-9-11-25-24(14-18)33-35-36(25)5)27(34-38)19-8-10-23(31-4)22(30)13-19;1-23(2,3)32-21(31)10-15-6-5-9-28(12-15)20(30)14-29-13-17(24)22(27-29)16-7-8-19(26-4)18(25)11-16;1-12(2)13(3,4)19-14(18-12)9-6-7-11-10(8-9)15-16-17(11)5;1-9(2)10(3,4)16-13(15-9)14-17-11(5,6)12(7,8)18-14;1-11-7-3-2-5(8)4-6(7)9-10-11/h8-11,13-14,16,20H,6-7,12,15,17H2,1-3,5H3,(H,32,40);7-8,11,13,15H,5-6,9-10,12,14H2,1-3H3;6-8H,1-5H3;1-8H3;2-4H,1H3/t20-;15-;;;/m10.../s1. The molecule has 0 radical (unpaired) electrons. The Kier molecular flexibility index (Phi) is 27.6. The zero-order valence-corrected chi connectivity index (χ0v) is 75.7. The molecule has 3 amide bonds. The lowest BCUT2D eigenvalue weighted by atomic mass is 9.49. The Morgan fingerprint density at radius 3 is 1.46 bits per heavy atom. The summed E-state index contributed by atoms with van der Waals surface area (Å²) in [5.41, 5.74) is 6.42. The number of amides is 3. The number of carbonyl (C=O) groups excluding carboxylic acids is 4. The van der Waals surface area contributed by atoms with Crippen molar-refractivity contribution in [2.75, 3.05) is 26.2 Å². The third-order valence-electron chi connectivity index (χ3n) is 22.4. The molecule has 5 saturated heterocycles. The van der Waals surface area contributed by atoms with Gasteiger partial charge in [0.1, 0.15) is 63.9 Å². The first-order valence-corrected chi connectivity index (χ1v) is 41.6. The molecule has 15 rings (SSSR count). The molecular weight excluding hydrogens is 1680 g/mol. The molecule has 10 aromatic rings. The van der Waals surface area contributed by atoms with Crippen LogP contribution < -0.4 is 10.8 Å². The highest BCUT2D eigenvalue weighted by Crippen LogP contribution is 2.44. The van der Waals surface area contributed by atoms with Crippen molar-refractivity contribution >= 4 is 127 Å². The Labute approximate surface area is 721 Å². The summed E-state index contributed by atoms with van der Waals surface area (Å²) in [4.78, 5) is 60.4. The van der Waals surface area contributed by atoms with Gasteiger partial charge in [-0.05, 0) is 238 Å². The lowest BCUT2D eigenvalue weighted by Crippen LogP contribution is -2.51. The first-order chi connectivity index (χ1) is 56.5. The molecule has 640 valence electrons. The summed E-state index contributed by atoms with van der Waals surface area (Å²) in [7, 11) is 4.26. The van der Waals surface area contributed by atoms with Crippen LogP contribution in [0.25, 0.3) is 76.4 Å². The average molecular weight is 1790 g/mol. The zero-order chi connectivity index (χ0) is 88.4. The van der Waals surface area contributed by atoms with Crippen LogP contribution in [0, 0.1) is 30.7 Å². The van der Waals surface area contributed by atoms with Crippen molar-refractivity contribution in [3.63, 3.8) is 0 Å². The van der Waals surface area contributed by atoms with Crippen LogP contribution in [-0.2, 0) is 86.0 Å². The van der Waals surface area contributed by atoms with Crippen LogP contribution in [0.5, 0.6) is 0 Å². The molecule has 37 heteroatoms. The molecule has 5 aliphatic heterocycles. The summed E-state index contributed by atoms with van der Waals surface area (Å²) < 4.78 is 85.1. The molecule has 0 spiro atoms. The fourth-order valence-electron chi connectivity index (χ4n) is 13.8. The van der Waals surface area contributed by atoms with E-state index in [9.17, 15) is 28.0 Å². The van der Waals surface area contributed by atoms with Gasteiger partial charge >= 0.3 is 33.2 Å². The van der Waals surface area contributed by atoms with Crippen molar-refractivity contribution in [3.05, 3.63) is 147 Å². The fraction of sp³-hybridized carbons (Fsp3) is 0.500. The summed E-state index contributed by atoms with van der Waals surface area (Å²) >= 11 is 6.78. The van der Waals surface area contributed by atoms with E-state index in [1.54, 1.807) is 80.9 Å². The monoisotopic (exact) mass is 1790 g/mol. The smallest absolute Gasteiger partial charge is 0.460 e. The van der Waals surface area contributed by atoms with E-state index in [-0.39, 0.29) is 94.9 Å². The Hall–Kier alpha value is -9.85. The van der Waals surface area contributed by atoms with Crippen LogP contribution >= 0.6 is 31.9 Å². The number of piperidine rings is 2. The molecule has 30 nitrogen and oxygen atoms in total. The maximum atomic E-state index is 14.6. The third kappa shape index (κ3) is 22.2. The number of hydrogen-bond acceptors (Lipinski definition) is 20. The van der Waals surface area contributed by atoms with Crippen LogP contribution in [0.4, 0.5) is 25.0 Å². The van der Waals surface area contributed by atoms with Gasteiger partial charge in [0.15, 0.2) is 0 Å². The number of alkyl carbamates (subject to hydrolysis) is 1. The van der Waals surface area contributed by atoms with Crippen molar-refractivity contribution in [1.82, 2.24) is 79.7 Å². The Morgan fingerprint density at radius 2 is 0.967 bits per heavy atom. The second-order valence-corrected chi connectivity index (χ2v) is 37.5. The number of benzene rings is 5. The van der Waals surface area contributed by atoms with Crippen molar-refractivity contribution in [2.45, 2.75) is 221 Å². The summed E-state index contributed by atoms with van der Waals surface area (Å²) in [6.07, 6.45) is 6.43. The van der Waals surface area contributed by atoms with E-state index in [1.165, 1.54) is 28.9 Å². The molecule has 0 unspecified atom stereocenters. The van der Waals surface area contributed by atoms with Crippen molar-refractivity contribution in [1.29, 1.82) is 0 Å². The van der Waals surface area contributed by atoms with Gasteiger partial charge in [0.05, 0.1) is 74.2 Å². The van der Waals surface area contributed by atoms with Gasteiger partial charge in [0, 0.05) is 86.9 Å². The number of carbonyl (C=O) groups is 4. The quantitative estimate of drug-likeness (QED) is 0.0675. The molecular formula is C84H105B3Br2F2N18O12. The SMILES string of the molecule is CC1(C)OB(B2OC(C)(C)C(C)(C)O2)OC1(C)C.Cn1nnc2cc(B3OC(C)(C)C(C)(C)O3)ccc21.Cn1nnc2cc(Br)ccc21.[C-]#[N+]c1ccc(-c2nn(CC(=O)N3CCC[C@@H](CC(=O)OC(C)(C)C)C3)cc2Br)cc1F.[C-]#[N+]c1ccc(-c2nn(CC(=O)N3CCC[C@@H](NC(=O)OC(C)(C)C)C3)cc2-c2ccc3c(c2)nnn3C)cc1F. The van der Waals surface area contributed by atoms with Gasteiger partial charge in [-0.2, -0.15) is 10.2 Å². The van der Waals surface area contributed by atoms with Crippen LogP contribution in [0.3, 0.4) is 0 Å². The number of likely N-dealkylation sites (tertiary alicyclic amines) is 2. The lowest BCUT2D eigenvalue weighted by Gasteiger charge is -2.33. The Balaban J connectivity index is 0.000000158. The highest BCUT2D eigenvalue weighted by Gasteiger charge is 2.64. The van der Waals surface area contributed by atoms with Gasteiger partial charge in [0.2, 0.25) is 23.2 Å². The second kappa shape index (κ2) is 36.3. The fourth-order valence-corrected chi connectivity index (χ4v) is 14.7. The van der Waals surface area contributed by atoms with E-state index in [0.29, 0.717) is 70.7 Å². The Morgan fingerprint density at radius 1 is 0.537 bits per heavy atom. The number of fused-ring (bicyclic) bond motifs is 3. The van der Waals surface area contributed by atoms with Gasteiger partial charge in [-0.15, -0.1) is 15.3 Å². The largest absolute Gasteiger partial charge is 0.494 e. The topological polar surface area (TPSA) is 297 Å². The third-order valence-corrected chi connectivity index (χ3v) is 23.5. The average Bonchev–Trinajstić information content (AvgIpc) is 1.58. The van der Waals surface area contributed by atoms with E-state index in [2.05, 4.69) is 88.0 Å². The minimum atomic E-state index is -0.643. The van der Waals surface area contributed by atoms with Crippen LogP contribution in [-0.4, -0.2) is 196 Å². The molecule has 2 atom stereocenters. The van der Waals surface area contributed by atoms with E-state index in [1.807, 2.05) is 173 Å². The Bertz CT molecular complexity index is 5480. The van der Waals surface area contributed by atoms with Crippen molar-refractivity contribution < 1.29 is 65.4 Å². The minimum absolute atomic E-state index is 0.0395. The minimum Gasteiger partial charge on any atom is -0.460 e. The number of nitrogens with one attached hydrogen (secondary N) is 1. The van der Waals surface area contributed by atoms with E-state index < -0.39 is 42.9 Å². The van der Waals surface area contributed by atoms with Crippen LogP contribution in [0.15, 0.2) is 112 Å². The maximum Gasteiger partial charge on any atom is 0.494 e. The summed E-state index contributed by atoms with van der Waals surface area (Å²) in [5, 5.41) is 36.2. The molecule has 5 aromatic heterocycles. The number of rotatable bonds is 12. The summed E-state index contributed by atoms with van der Waals surface area (Å²) in [6, 6.07) is 26.0. The highest BCUT2D eigenvalue weighted by atomic mass is 79.9. The highest BCUT2D eigenvalue weighted by molar-refractivity contribution is 9.10. The van der Waals surface area contributed by atoms with Gasteiger partial charge in [-0.3, -0.25) is 23.7 Å². The number of aromatic nitrogens is 13. The molecule has 121 heavy (non-hydrogen) atoms. The first-order valence-electron chi connectivity index (χ1n) is 40.0. The molecule has 5 fully saturated rings. The maximum absolute atomic E-state index is 14.6.